The zero-order valence-electron chi connectivity index (χ0n) is 20.4. The highest BCUT2D eigenvalue weighted by atomic mass is 35.5. The van der Waals surface area contributed by atoms with Gasteiger partial charge in [0, 0.05) is 30.3 Å². The van der Waals surface area contributed by atoms with E-state index in [1.165, 1.54) is 25.1 Å². The van der Waals surface area contributed by atoms with Crippen LogP contribution in [0.2, 0.25) is 5.02 Å². The summed E-state index contributed by atoms with van der Waals surface area (Å²) in [6.45, 7) is 5.41. The molecule has 13 heteroatoms. The van der Waals surface area contributed by atoms with Crippen molar-refractivity contribution in [2.45, 2.75) is 57.1 Å². The van der Waals surface area contributed by atoms with Crippen LogP contribution in [0.1, 0.15) is 27.2 Å². The number of anilines is 1. The number of nitrogens with zero attached hydrogens (tertiary/aromatic N) is 2. The predicted molar refractivity (Wildman–Crippen MR) is 136 cm³/mol. The average Bonchev–Trinajstić information content (AvgIpc) is 3.35. The van der Waals surface area contributed by atoms with E-state index >= 15 is 0 Å². The molecule has 0 saturated carbocycles. The lowest BCUT2D eigenvalue weighted by Gasteiger charge is -2.22. The Morgan fingerprint density at radius 3 is 2.81 bits per heavy atom. The number of nitrogens with one attached hydrogen (secondary N) is 2. The fraction of sp³-hybridized carbons (Fsp3) is 0.375. The van der Waals surface area contributed by atoms with Crippen LogP contribution in [0.3, 0.4) is 0 Å². The predicted octanol–water partition coefficient (Wildman–Crippen LogP) is 3.07. The number of carbonyl (C=O) groups is 2. The number of esters is 1. The number of amides is 1. The number of hydrogen-bond donors (Lipinski definition) is 2. The number of hydrogen-bond acceptors (Lipinski definition) is 8. The van der Waals surface area contributed by atoms with Crippen molar-refractivity contribution in [1.82, 2.24) is 14.3 Å². The van der Waals surface area contributed by atoms with Crippen LogP contribution >= 0.6 is 11.6 Å². The molecule has 0 radical (unpaired) electrons. The molecule has 2 heterocycles. The molecule has 2 aromatic carbocycles. The summed E-state index contributed by atoms with van der Waals surface area (Å²) >= 11 is 6.13. The molecule has 0 aliphatic carbocycles. The number of benzene rings is 2. The second-order valence-electron chi connectivity index (χ2n) is 8.55. The number of cyclic esters (lactones) is 1. The monoisotopic (exact) mass is 550 g/mol. The molecule has 2 unspecified atom stereocenters. The number of halogens is 1. The summed E-state index contributed by atoms with van der Waals surface area (Å²) in [4.78, 5) is 27.5. The summed E-state index contributed by atoms with van der Waals surface area (Å²) in [6.07, 6.45) is -0.0591. The molecule has 1 aliphatic heterocycles. The Bertz CT molecular complexity index is 1430. The molecule has 1 aliphatic rings. The lowest BCUT2D eigenvalue weighted by Crippen LogP contribution is -2.41. The van der Waals surface area contributed by atoms with Crippen molar-refractivity contribution >= 4 is 50.2 Å². The van der Waals surface area contributed by atoms with Crippen molar-refractivity contribution in [3.63, 3.8) is 0 Å². The van der Waals surface area contributed by atoms with Crippen LogP contribution in [-0.4, -0.2) is 54.9 Å². The maximum absolute atomic E-state index is 13.4. The Morgan fingerprint density at radius 1 is 1.30 bits per heavy atom. The quantitative estimate of drug-likeness (QED) is 0.367. The number of rotatable bonds is 10. The molecule has 1 aromatic heterocycles. The minimum atomic E-state index is -4.18. The molecular formula is C24H27ClN4O7S. The van der Waals surface area contributed by atoms with Crippen molar-refractivity contribution in [2.24, 2.45) is 0 Å². The summed E-state index contributed by atoms with van der Waals surface area (Å²) < 4.78 is 47.6. The zero-order valence-corrected chi connectivity index (χ0v) is 22.0. The third kappa shape index (κ3) is 6.39. The average molecular weight is 551 g/mol. The lowest BCUT2D eigenvalue weighted by molar-refractivity contribution is -0.163. The maximum Gasteiger partial charge on any atom is 0.310 e. The van der Waals surface area contributed by atoms with Gasteiger partial charge in [-0.2, -0.15) is 0 Å². The van der Waals surface area contributed by atoms with Crippen molar-refractivity contribution in [2.75, 3.05) is 11.9 Å². The molecule has 3 aromatic rings. The molecule has 2 N–H and O–H groups in total. The second-order valence-corrected chi connectivity index (χ2v) is 10.7. The van der Waals surface area contributed by atoms with E-state index < -0.39 is 34.4 Å². The highest BCUT2D eigenvalue weighted by molar-refractivity contribution is 7.89. The fourth-order valence-corrected chi connectivity index (χ4v) is 5.53. The Balaban J connectivity index is 1.61. The summed E-state index contributed by atoms with van der Waals surface area (Å²) in [5, 5.41) is 3.19. The largest absolute Gasteiger partial charge is 0.487 e. The number of ether oxygens (including phenoxy) is 3. The van der Waals surface area contributed by atoms with Crippen LogP contribution in [-0.2, 0) is 35.6 Å². The molecular weight excluding hydrogens is 524 g/mol. The van der Waals surface area contributed by atoms with Gasteiger partial charge in [-0.3, -0.25) is 9.59 Å². The van der Waals surface area contributed by atoms with Crippen LogP contribution < -0.4 is 14.8 Å². The number of carbonyl (C=O) groups excluding carboxylic acids is 2. The Hall–Kier alpha value is -3.19. The Labute approximate surface area is 219 Å². The molecule has 11 nitrogen and oxygen atoms in total. The number of aromatic nitrogens is 2. The van der Waals surface area contributed by atoms with Crippen LogP contribution in [0.5, 0.6) is 5.75 Å². The number of fused-ring (bicyclic) bond motifs is 1. The van der Waals surface area contributed by atoms with Gasteiger partial charge >= 0.3 is 5.97 Å². The summed E-state index contributed by atoms with van der Waals surface area (Å²) in [7, 11) is -4.18. The van der Waals surface area contributed by atoms with Crippen LogP contribution in [0.15, 0.2) is 47.6 Å². The van der Waals surface area contributed by atoms with E-state index in [0.717, 1.165) is 11.0 Å². The van der Waals surface area contributed by atoms with E-state index in [1.807, 2.05) is 4.57 Å². The number of imidazole rings is 1. The van der Waals surface area contributed by atoms with Gasteiger partial charge in [0.05, 0.1) is 36.4 Å². The minimum Gasteiger partial charge on any atom is -0.487 e. The van der Waals surface area contributed by atoms with Gasteiger partial charge in [0.1, 0.15) is 16.7 Å². The highest BCUT2D eigenvalue weighted by Gasteiger charge is 2.39. The van der Waals surface area contributed by atoms with Gasteiger partial charge in [-0.15, -0.1) is 0 Å². The standard InChI is InChI=1S/C24H27ClN4O7S/c1-4-34-24-19(11-23(31)36-24)28-37(32,33)22-8-6-17(27-15(3)30)10-21(22)35-14(2)12-29-13-26-18-7-5-16(25)9-20(18)29/h5-10,13-14,19,24,28H,4,11-12H2,1-3H3,(H,27,30)/t14-,19?,24?/m1/s1. The molecule has 4 rings (SSSR count). The van der Waals surface area contributed by atoms with Crippen LogP contribution in [0.25, 0.3) is 11.0 Å². The molecule has 1 saturated heterocycles. The molecule has 37 heavy (non-hydrogen) atoms. The molecule has 0 spiro atoms. The lowest BCUT2D eigenvalue weighted by atomic mass is 10.2. The van der Waals surface area contributed by atoms with E-state index in [9.17, 15) is 18.0 Å². The summed E-state index contributed by atoms with van der Waals surface area (Å²) in [5.41, 5.74) is 1.92. The van der Waals surface area contributed by atoms with Gasteiger partial charge < -0.3 is 24.1 Å². The van der Waals surface area contributed by atoms with E-state index in [2.05, 4.69) is 15.0 Å². The van der Waals surface area contributed by atoms with Gasteiger partial charge in [-0.25, -0.2) is 18.1 Å². The SMILES string of the molecule is CCOC1OC(=O)CC1NS(=O)(=O)c1ccc(NC(C)=O)cc1O[C@H](C)Cn1cnc2ccc(Cl)cc21. The van der Waals surface area contributed by atoms with Crippen molar-refractivity contribution in [1.29, 1.82) is 0 Å². The van der Waals surface area contributed by atoms with Crippen molar-refractivity contribution < 1.29 is 32.2 Å². The first-order valence-corrected chi connectivity index (χ1v) is 13.4. The van der Waals surface area contributed by atoms with Gasteiger partial charge in [0.25, 0.3) is 0 Å². The fourth-order valence-electron chi connectivity index (χ4n) is 4.02. The first-order chi connectivity index (χ1) is 17.6. The maximum atomic E-state index is 13.4. The van der Waals surface area contributed by atoms with E-state index in [-0.39, 0.29) is 29.6 Å². The van der Waals surface area contributed by atoms with E-state index in [0.29, 0.717) is 17.3 Å². The molecule has 198 valence electrons. The minimum absolute atomic E-state index is 0.0203. The molecule has 3 atom stereocenters. The third-order valence-corrected chi connectivity index (χ3v) is 7.28. The zero-order chi connectivity index (χ0) is 26.7. The third-order valence-electron chi connectivity index (χ3n) is 5.52. The van der Waals surface area contributed by atoms with Crippen LogP contribution in [0, 0.1) is 0 Å². The second kappa shape index (κ2) is 11.1. The van der Waals surface area contributed by atoms with E-state index in [1.54, 1.807) is 38.4 Å². The van der Waals surface area contributed by atoms with Gasteiger partial charge in [0.15, 0.2) is 0 Å². The van der Waals surface area contributed by atoms with E-state index in [4.69, 9.17) is 25.8 Å². The number of sulfonamides is 1. The highest BCUT2D eigenvalue weighted by Crippen LogP contribution is 2.30. The Kier molecular flexibility index (Phi) is 8.02. The molecule has 0 bridgehead atoms. The molecule has 1 amide bonds. The van der Waals surface area contributed by atoms with Crippen LogP contribution in [0.4, 0.5) is 5.69 Å². The Morgan fingerprint density at radius 2 is 2.08 bits per heavy atom. The van der Waals surface area contributed by atoms with Crippen molar-refractivity contribution in [3.05, 3.63) is 47.7 Å². The smallest absolute Gasteiger partial charge is 0.310 e. The first-order valence-electron chi connectivity index (χ1n) is 11.6. The van der Waals surface area contributed by atoms with Gasteiger partial charge in [-0.05, 0) is 44.2 Å². The first kappa shape index (κ1) is 26.9. The molecule has 1 fully saturated rings. The van der Waals surface area contributed by atoms with Gasteiger partial charge in [-0.1, -0.05) is 11.6 Å². The van der Waals surface area contributed by atoms with Gasteiger partial charge in [0.2, 0.25) is 22.2 Å². The summed E-state index contributed by atoms with van der Waals surface area (Å²) in [6, 6.07) is 8.65. The normalized spacial score (nSPS) is 18.5. The van der Waals surface area contributed by atoms with Crippen molar-refractivity contribution in [3.8, 4) is 5.75 Å². The summed E-state index contributed by atoms with van der Waals surface area (Å²) in [5.74, 6) is -0.868. The topological polar surface area (TPSA) is 138 Å².